The predicted octanol–water partition coefficient (Wildman–Crippen LogP) is 3.85. The average molecular weight is 326 g/mol. The number of nitrogens with zero attached hydrogens (tertiary/aromatic N) is 1. The maximum Gasteiger partial charge on any atom is 0.185 e. The van der Waals surface area contributed by atoms with Crippen molar-refractivity contribution in [2.45, 2.75) is 19.3 Å². The van der Waals surface area contributed by atoms with E-state index >= 15 is 0 Å². The molecule has 0 bridgehead atoms. The van der Waals surface area contributed by atoms with Gasteiger partial charge in [-0.1, -0.05) is 25.1 Å². The van der Waals surface area contributed by atoms with Crippen molar-refractivity contribution in [1.82, 2.24) is 9.88 Å². The first-order valence-electron chi connectivity index (χ1n) is 7.90. The monoisotopic (exact) mass is 326 g/mol. The number of hydrogen-bond acceptors (Lipinski definition) is 3. The zero-order chi connectivity index (χ0) is 16.4. The van der Waals surface area contributed by atoms with E-state index in [1.807, 2.05) is 17.5 Å². The molecular weight excluding hydrogens is 304 g/mol. The number of likely N-dealkylation sites (N-methyl/N-ethyl adjacent to an activating group) is 1. The number of pyridine rings is 1. The Morgan fingerprint density at radius 1 is 1.22 bits per heavy atom. The molecule has 0 aliphatic heterocycles. The predicted molar refractivity (Wildman–Crippen MR) is 98.7 cm³/mol. The summed E-state index contributed by atoms with van der Waals surface area (Å²) in [5, 5.41) is 1.28. The van der Waals surface area contributed by atoms with Crippen molar-refractivity contribution in [3.63, 3.8) is 0 Å². The van der Waals surface area contributed by atoms with Crippen LogP contribution in [0, 0.1) is 0 Å². The van der Waals surface area contributed by atoms with E-state index in [2.05, 4.69) is 55.2 Å². The number of benzene rings is 1. The van der Waals surface area contributed by atoms with Gasteiger partial charge in [-0.3, -0.25) is 4.79 Å². The number of nitrogens with one attached hydrogen (secondary N) is 1. The molecule has 4 heteroatoms. The molecule has 1 aromatic carbocycles. The molecule has 0 saturated carbocycles. The minimum absolute atomic E-state index is 0.0910. The van der Waals surface area contributed by atoms with Gasteiger partial charge in [-0.05, 0) is 37.5 Å². The van der Waals surface area contributed by atoms with Gasteiger partial charge in [-0.15, -0.1) is 11.3 Å². The van der Waals surface area contributed by atoms with Gasteiger partial charge in [-0.2, -0.15) is 0 Å². The van der Waals surface area contributed by atoms with Crippen LogP contribution in [0.15, 0.2) is 47.5 Å². The van der Waals surface area contributed by atoms with Crippen LogP contribution >= 0.6 is 11.3 Å². The first-order valence-corrected chi connectivity index (χ1v) is 8.71. The molecule has 1 N–H and O–H groups in total. The minimum Gasteiger partial charge on any atom is -0.367 e. The molecule has 1 atom stereocenters. The summed E-state index contributed by atoms with van der Waals surface area (Å²) in [5.74, 6) is 0.0910. The maximum atomic E-state index is 12.2. The molecule has 120 valence electrons. The molecule has 3 aromatic rings. The molecule has 0 saturated heterocycles. The smallest absolute Gasteiger partial charge is 0.185 e. The SMILES string of the molecule is CC(c1c[nH]ccc1=O)c1c(CCN(C)C)sc2ccccc12. The number of thiophene rings is 1. The van der Waals surface area contributed by atoms with Crippen molar-refractivity contribution in [2.75, 3.05) is 20.6 Å². The van der Waals surface area contributed by atoms with Gasteiger partial charge in [0.1, 0.15) is 0 Å². The Bertz CT molecular complexity index is 863. The Morgan fingerprint density at radius 2 is 2.00 bits per heavy atom. The summed E-state index contributed by atoms with van der Waals surface area (Å²) in [6, 6.07) is 10.1. The second kappa shape index (κ2) is 6.69. The number of H-pyrrole nitrogens is 1. The molecule has 0 fully saturated rings. The molecule has 2 heterocycles. The number of aromatic nitrogens is 1. The lowest BCUT2D eigenvalue weighted by Crippen LogP contribution is -2.16. The van der Waals surface area contributed by atoms with Crippen LogP contribution in [0.25, 0.3) is 10.1 Å². The van der Waals surface area contributed by atoms with Gasteiger partial charge < -0.3 is 9.88 Å². The summed E-state index contributed by atoms with van der Waals surface area (Å²) >= 11 is 1.86. The van der Waals surface area contributed by atoms with Gasteiger partial charge in [0.05, 0.1) is 0 Å². The first kappa shape index (κ1) is 16.0. The number of rotatable bonds is 5. The summed E-state index contributed by atoms with van der Waals surface area (Å²) in [7, 11) is 4.19. The van der Waals surface area contributed by atoms with Crippen molar-refractivity contribution in [3.05, 3.63) is 69.0 Å². The first-order chi connectivity index (χ1) is 11.1. The van der Waals surface area contributed by atoms with E-state index in [-0.39, 0.29) is 11.3 Å². The van der Waals surface area contributed by atoms with Crippen LogP contribution < -0.4 is 5.43 Å². The normalized spacial score (nSPS) is 12.9. The van der Waals surface area contributed by atoms with Gasteiger partial charge in [-0.25, -0.2) is 0 Å². The molecule has 0 amide bonds. The van der Waals surface area contributed by atoms with Crippen LogP contribution in [-0.4, -0.2) is 30.5 Å². The fraction of sp³-hybridized carbons (Fsp3) is 0.316. The Kier molecular flexibility index (Phi) is 4.64. The highest BCUT2D eigenvalue weighted by Crippen LogP contribution is 2.38. The Hall–Kier alpha value is -1.91. The molecule has 0 spiro atoms. The highest BCUT2D eigenvalue weighted by molar-refractivity contribution is 7.19. The highest BCUT2D eigenvalue weighted by Gasteiger charge is 2.20. The van der Waals surface area contributed by atoms with Gasteiger partial charge in [0.15, 0.2) is 5.43 Å². The summed E-state index contributed by atoms with van der Waals surface area (Å²) in [6.07, 6.45) is 4.54. The maximum absolute atomic E-state index is 12.2. The largest absolute Gasteiger partial charge is 0.367 e. The average Bonchev–Trinajstić information content (AvgIpc) is 2.91. The quantitative estimate of drug-likeness (QED) is 0.773. The second-order valence-electron chi connectivity index (χ2n) is 6.17. The van der Waals surface area contributed by atoms with E-state index in [0.717, 1.165) is 18.5 Å². The number of fused-ring (bicyclic) bond motifs is 1. The van der Waals surface area contributed by atoms with E-state index in [1.54, 1.807) is 12.3 Å². The van der Waals surface area contributed by atoms with E-state index in [4.69, 9.17) is 0 Å². The fourth-order valence-electron chi connectivity index (χ4n) is 3.02. The second-order valence-corrected chi connectivity index (χ2v) is 7.31. The van der Waals surface area contributed by atoms with Crippen molar-refractivity contribution >= 4 is 21.4 Å². The lowest BCUT2D eigenvalue weighted by atomic mass is 9.91. The molecule has 2 aromatic heterocycles. The van der Waals surface area contributed by atoms with Crippen LogP contribution in [0.5, 0.6) is 0 Å². The molecule has 0 aliphatic carbocycles. The van der Waals surface area contributed by atoms with E-state index in [0.29, 0.717) is 0 Å². The molecule has 23 heavy (non-hydrogen) atoms. The van der Waals surface area contributed by atoms with E-state index < -0.39 is 0 Å². The lowest BCUT2D eigenvalue weighted by Gasteiger charge is -2.15. The van der Waals surface area contributed by atoms with Crippen LogP contribution in [0.2, 0.25) is 0 Å². The van der Waals surface area contributed by atoms with E-state index in [9.17, 15) is 4.79 Å². The number of hydrogen-bond donors (Lipinski definition) is 1. The van der Waals surface area contributed by atoms with Crippen LogP contribution in [-0.2, 0) is 6.42 Å². The Balaban J connectivity index is 2.12. The van der Waals surface area contributed by atoms with Gasteiger partial charge in [0.25, 0.3) is 0 Å². The Labute approximate surface area is 140 Å². The van der Waals surface area contributed by atoms with Gasteiger partial charge in [0, 0.05) is 46.1 Å². The molecular formula is C19H22N2OS. The van der Waals surface area contributed by atoms with Crippen LogP contribution in [0.1, 0.15) is 28.8 Å². The molecule has 3 nitrogen and oxygen atoms in total. The summed E-state index contributed by atoms with van der Waals surface area (Å²) in [6.45, 7) is 3.15. The zero-order valence-corrected chi connectivity index (χ0v) is 14.6. The van der Waals surface area contributed by atoms with Gasteiger partial charge in [0.2, 0.25) is 0 Å². The van der Waals surface area contributed by atoms with Gasteiger partial charge >= 0.3 is 0 Å². The van der Waals surface area contributed by atoms with Crippen molar-refractivity contribution in [1.29, 1.82) is 0 Å². The molecule has 0 aliphatic rings. The third-order valence-corrected chi connectivity index (χ3v) is 5.50. The van der Waals surface area contributed by atoms with Crippen molar-refractivity contribution in [3.8, 4) is 0 Å². The van der Waals surface area contributed by atoms with Crippen molar-refractivity contribution < 1.29 is 0 Å². The summed E-state index contributed by atoms with van der Waals surface area (Å²) < 4.78 is 1.30. The Morgan fingerprint density at radius 3 is 2.74 bits per heavy atom. The third-order valence-electron chi connectivity index (χ3n) is 4.25. The standard InChI is InChI=1S/C19H22N2OS/c1-13(15-12-20-10-8-16(15)22)19-14-6-4-5-7-17(14)23-18(19)9-11-21(2)3/h4-8,10,12-13H,9,11H2,1-3H3,(H,20,22). The van der Waals surface area contributed by atoms with Crippen LogP contribution in [0.3, 0.4) is 0 Å². The minimum atomic E-state index is 0.0910. The third kappa shape index (κ3) is 3.23. The lowest BCUT2D eigenvalue weighted by molar-refractivity contribution is 0.414. The highest BCUT2D eigenvalue weighted by atomic mass is 32.1. The zero-order valence-electron chi connectivity index (χ0n) is 13.8. The molecule has 3 rings (SSSR count). The summed E-state index contributed by atoms with van der Waals surface area (Å²) in [5.41, 5.74) is 2.25. The summed E-state index contributed by atoms with van der Waals surface area (Å²) in [4.78, 5) is 18.9. The van der Waals surface area contributed by atoms with Crippen molar-refractivity contribution in [2.24, 2.45) is 0 Å². The molecule has 1 unspecified atom stereocenters. The topological polar surface area (TPSA) is 36.1 Å². The molecule has 0 radical (unpaired) electrons. The van der Waals surface area contributed by atoms with Crippen LogP contribution in [0.4, 0.5) is 0 Å². The fourth-order valence-corrected chi connectivity index (χ4v) is 4.31. The van der Waals surface area contributed by atoms with E-state index in [1.165, 1.54) is 20.5 Å². The number of aromatic amines is 1.